The second-order valence-electron chi connectivity index (χ2n) is 5.74. The van der Waals surface area contributed by atoms with Crippen molar-refractivity contribution in [1.29, 1.82) is 0 Å². The number of hydrogen-bond donors (Lipinski definition) is 2. The molecule has 6 nitrogen and oxygen atoms in total. The number of carbonyl (C=O) groups is 2. The van der Waals surface area contributed by atoms with Gasteiger partial charge in [-0.15, -0.1) is 0 Å². The Labute approximate surface area is 151 Å². The van der Waals surface area contributed by atoms with Crippen LogP contribution in [0, 0.1) is 0 Å². The van der Waals surface area contributed by atoms with Gasteiger partial charge in [-0.3, -0.25) is 4.90 Å². The number of carboxylic acids is 2. The molecule has 2 N–H and O–H groups in total. The number of benzene rings is 1. The van der Waals surface area contributed by atoms with Crippen LogP contribution in [0.3, 0.4) is 0 Å². The zero-order valence-electron chi connectivity index (χ0n) is 14.5. The third-order valence-corrected chi connectivity index (χ3v) is 4.01. The fraction of sp³-hybridized carbons (Fsp3) is 0.333. The van der Waals surface area contributed by atoms with Gasteiger partial charge in [0, 0.05) is 26.2 Å². The highest BCUT2D eigenvalue weighted by atomic mass is 32.1. The van der Waals surface area contributed by atoms with Gasteiger partial charge in [-0.2, -0.15) is 11.3 Å². The van der Waals surface area contributed by atoms with Crippen LogP contribution in [-0.4, -0.2) is 59.1 Å². The molecule has 1 heterocycles. The van der Waals surface area contributed by atoms with Crippen LogP contribution < -0.4 is 0 Å². The Morgan fingerprint density at radius 3 is 2.00 bits per heavy atom. The molecule has 0 aliphatic carbocycles. The first-order valence-electron chi connectivity index (χ1n) is 7.76. The zero-order chi connectivity index (χ0) is 18.7. The lowest BCUT2D eigenvalue weighted by molar-refractivity contribution is -0.159. The molecule has 0 saturated carbocycles. The summed E-state index contributed by atoms with van der Waals surface area (Å²) in [7, 11) is 4.26. The molecule has 0 saturated heterocycles. The largest absolute Gasteiger partial charge is 0.473 e. The first kappa shape index (κ1) is 20.8. The molecule has 1 aromatic carbocycles. The number of aliphatic carboxylic acids is 2. The molecule has 0 atom stereocenters. The summed E-state index contributed by atoms with van der Waals surface area (Å²) < 4.78 is 0. The van der Waals surface area contributed by atoms with Crippen LogP contribution >= 0.6 is 11.3 Å². The van der Waals surface area contributed by atoms with E-state index in [1.807, 2.05) is 0 Å². The van der Waals surface area contributed by atoms with E-state index in [9.17, 15) is 0 Å². The monoisotopic (exact) mass is 364 g/mol. The molecule has 0 spiro atoms. The number of nitrogens with zero attached hydrogens (tertiary/aromatic N) is 2. The lowest BCUT2D eigenvalue weighted by atomic mass is 10.2. The van der Waals surface area contributed by atoms with Crippen molar-refractivity contribution < 1.29 is 19.8 Å². The lowest BCUT2D eigenvalue weighted by Gasteiger charge is -2.23. The third kappa shape index (κ3) is 9.61. The van der Waals surface area contributed by atoms with E-state index < -0.39 is 11.9 Å². The molecular formula is C18H24N2O4S. The van der Waals surface area contributed by atoms with Crippen LogP contribution in [0.2, 0.25) is 0 Å². The van der Waals surface area contributed by atoms with Gasteiger partial charge in [0.1, 0.15) is 0 Å². The highest BCUT2D eigenvalue weighted by molar-refractivity contribution is 7.07. The van der Waals surface area contributed by atoms with Crippen LogP contribution in [0.4, 0.5) is 0 Å². The molecule has 2 rings (SSSR count). The summed E-state index contributed by atoms with van der Waals surface area (Å²) in [4.78, 5) is 23.0. The van der Waals surface area contributed by atoms with E-state index >= 15 is 0 Å². The van der Waals surface area contributed by atoms with Crippen molar-refractivity contribution in [2.45, 2.75) is 13.1 Å². The van der Waals surface area contributed by atoms with E-state index in [0.29, 0.717) is 0 Å². The van der Waals surface area contributed by atoms with E-state index in [1.165, 1.54) is 11.1 Å². The Kier molecular flexibility index (Phi) is 9.46. The average molecular weight is 364 g/mol. The van der Waals surface area contributed by atoms with E-state index in [-0.39, 0.29) is 0 Å². The standard InChI is InChI=1S/C16H22N2S.C2H2O4/c1-17(2)9-10-18(13-16-8-11-19-14-16)12-15-6-4-3-5-7-15;3-1(4)2(5)6/h3-8,11,14H,9-10,12-13H2,1-2H3;(H,3,4)(H,5,6). The Morgan fingerprint density at radius 1 is 0.920 bits per heavy atom. The summed E-state index contributed by atoms with van der Waals surface area (Å²) in [5.74, 6) is -3.65. The summed E-state index contributed by atoms with van der Waals surface area (Å²) in [6, 6.07) is 12.9. The van der Waals surface area contributed by atoms with Gasteiger partial charge in [0.25, 0.3) is 0 Å². The van der Waals surface area contributed by atoms with Crippen molar-refractivity contribution in [2.75, 3.05) is 27.2 Å². The predicted molar refractivity (Wildman–Crippen MR) is 98.7 cm³/mol. The second-order valence-corrected chi connectivity index (χ2v) is 6.52. The van der Waals surface area contributed by atoms with Gasteiger partial charge in [-0.1, -0.05) is 30.3 Å². The van der Waals surface area contributed by atoms with Gasteiger partial charge in [0.2, 0.25) is 0 Å². The maximum Gasteiger partial charge on any atom is 0.414 e. The molecule has 7 heteroatoms. The Hall–Kier alpha value is -2.22. The predicted octanol–water partition coefficient (Wildman–Crippen LogP) is 2.47. The minimum Gasteiger partial charge on any atom is -0.473 e. The first-order chi connectivity index (χ1) is 11.9. The van der Waals surface area contributed by atoms with Gasteiger partial charge in [0.15, 0.2) is 0 Å². The van der Waals surface area contributed by atoms with E-state index in [2.05, 4.69) is 71.1 Å². The first-order valence-corrected chi connectivity index (χ1v) is 8.71. The Bertz CT molecular complexity index is 618. The maximum atomic E-state index is 9.10. The summed E-state index contributed by atoms with van der Waals surface area (Å²) in [6.45, 7) is 4.24. The number of rotatable bonds is 7. The number of thiophene rings is 1. The number of likely N-dealkylation sites (N-methyl/N-ethyl adjacent to an activating group) is 1. The quantitative estimate of drug-likeness (QED) is 0.735. The summed E-state index contributed by atoms with van der Waals surface area (Å²) in [5.41, 5.74) is 2.80. The van der Waals surface area contributed by atoms with Gasteiger partial charge >= 0.3 is 11.9 Å². The van der Waals surface area contributed by atoms with Gasteiger partial charge < -0.3 is 15.1 Å². The molecular weight excluding hydrogens is 340 g/mol. The number of hydrogen-bond acceptors (Lipinski definition) is 5. The molecule has 0 unspecified atom stereocenters. The summed E-state index contributed by atoms with van der Waals surface area (Å²) in [6.07, 6.45) is 0. The molecule has 0 aliphatic rings. The fourth-order valence-electron chi connectivity index (χ4n) is 2.04. The lowest BCUT2D eigenvalue weighted by Crippen LogP contribution is -2.31. The third-order valence-electron chi connectivity index (χ3n) is 3.28. The molecule has 1 aromatic heterocycles. The fourth-order valence-corrected chi connectivity index (χ4v) is 2.70. The van der Waals surface area contributed by atoms with E-state index in [0.717, 1.165) is 26.2 Å². The molecule has 0 bridgehead atoms. The summed E-state index contributed by atoms with van der Waals surface area (Å²) >= 11 is 1.78. The van der Waals surface area contributed by atoms with Crippen molar-refractivity contribution in [3.05, 3.63) is 58.3 Å². The van der Waals surface area contributed by atoms with Crippen molar-refractivity contribution >= 4 is 23.3 Å². The summed E-state index contributed by atoms with van der Waals surface area (Å²) in [5, 5.41) is 19.2. The topological polar surface area (TPSA) is 81.1 Å². The number of carboxylic acid groups (broad SMARTS) is 2. The Morgan fingerprint density at radius 2 is 1.52 bits per heavy atom. The smallest absolute Gasteiger partial charge is 0.414 e. The van der Waals surface area contributed by atoms with Crippen molar-refractivity contribution in [3.63, 3.8) is 0 Å². The molecule has 2 aromatic rings. The highest BCUT2D eigenvalue weighted by Crippen LogP contribution is 2.12. The van der Waals surface area contributed by atoms with Gasteiger partial charge in [0.05, 0.1) is 0 Å². The van der Waals surface area contributed by atoms with Crippen molar-refractivity contribution in [2.24, 2.45) is 0 Å². The van der Waals surface area contributed by atoms with Gasteiger partial charge in [-0.05, 0) is 42.0 Å². The van der Waals surface area contributed by atoms with Gasteiger partial charge in [-0.25, -0.2) is 9.59 Å². The van der Waals surface area contributed by atoms with E-state index in [1.54, 1.807) is 11.3 Å². The van der Waals surface area contributed by atoms with Crippen LogP contribution in [0.1, 0.15) is 11.1 Å². The van der Waals surface area contributed by atoms with Crippen LogP contribution in [0.5, 0.6) is 0 Å². The van der Waals surface area contributed by atoms with E-state index in [4.69, 9.17) is 19.8 Å². The molecule has 0 amide bonds. The maximum absolute atomic E-state index is 9.10. The normalized spacial score (nSPS) is 10.4. The molecule has 25 heavy (non-hydrogen) atoms. The molecule has 136 valence electrons. The molecule has 0 fully saturated rings. The van der Waals surface area contributed by atoms with Crippen molar-refractivity contribution in [3.8, 4) is 0 Å². The SMILES string of the molecule is CN(C)CCN(Cc1ccccc1)Cc1ccsc1.O=C(O)C(=O)O. The average Bonchev–Trinajstić information content (AvgIpc) is 3.07. The molecule has 0 aliphatic heterocycles. The van der Waals surface area contributed by atoms with Crippen molar-refractivity contribution in [1.82, 2.24) is 9.80 Å². The minimum absolute atomic E-state index is 1.02. The minimum atomic E-state index is -1.82. The second kappa shape index (κ2) is 11.4. The van der Waals surface area contributed by atoms with Crippen LogP contribution in [0.25, 0.3) is 0 Å². The van der Waals surface area contributed by atoms with Crippen LogP contribution in [-0.2, 0) is 22.7 Å². The van der Waals surface area contributed by atoms with Crippen LogP contribution in [0.15, 0.2) is 47.2 Å². The highest BCUT2D eigenvalue weighted by Gasteiger charge is 2.08. The zero-order valence-corrected chi connectivity index (χ0v) is 15.3. The Balaban J connectivity index is 0.000000450. The molecule has 0 radical (unpaired) electrons.